The molecule has 4 nitrogen and oxygen atoms in total. The number of phenols is 1. The highest BCUT2D eigenvalue weighted by Crippen LogP contribution is 2.37. The van der Waals surface area contributed by atoms with Crippen molar-refractivity contribution >= 4 is 5.69 Å². The summed E-state index contributed by atoms with van der Waals surface area (Å²) in [5, 5.41) is 13.1. The van der Waals surface area contributed by atoms with Crippen molar-refractivity contribution in [2.75, 3.05) is 19.5 Å². The Labute approximate surface area is 124 Å². The maximum Gasteiger partial charge on any atom is 0.200 e. The Kier molecular flexibility index (Phi) is 4.57. The van der Waals surface area contributed by atoms with Crippen LogP contribution in [-0.2, 0) is 6.54 Å². The van der Waals surface area contributed by atoms with Gasteiger partial charge >= 0.3 is 0 Å². The van der Waals surface area contributed by atoms with E-state index in [1.807, 2.05) is 24.3 Å². The van der Waals surface area contributed by atoms with Crippen molar-refractivity contribution in [1.29, 1.82) is 0 Å². The second-order valence-electron chi connectivity index (χ2n) is 4.43. The molecule has 4 heteroatoms. The van der Waals surface area contributed by atoms with E-state index in [0.717, 1.165) is 16.8 Å². The standard InChI is InChI=1S/C17H17NO3/c1-4-12-6-5-7-14(8-12)18-11-13-9-15(20-2)17(19)16(10-13)21-3/h1,5-10,18-19H,11H2,2-3H3. The third kappa shape index (κ3) is 3.40. The van der Waals surface area contributed by atoms with Crippen LogP contribution in [-0.4, -0.2) is 19.3 Å². The molecule has 0 saturated carbocycles. The summed E-state index contributed by atoms with van der Waals surface area (Å²) < 4.78 is 10.3. The lowest BCUT2D eigenvalue weighted by Crippen LogP contribution is -2.01. The summed E-state index contributed by atoms with van der Waals surface area (Å²) in [4.78, 5) is 0. The predicted octanol–water partition coefficient (Wildman–Crippen LogP) is 3.00. The third-order valence-electron chi connectivity index (χ3n) is 3.07. The van der Waals surface area contributed by atoms with Gasteiger partial charge < -0.3 is 19.9 Å². The van der Waals surface area contributed by atoms with Crippen LogP contribution < -0.4 is 14.8 Å². The van der Waals surface area contributed by atoms with Crippen LogP contribution in [0.2, 0.25) is 0 Å². The van der Waals surface area contributed by atoms with Crippen LogP contribution in [0, 0.1) is 12.3 Å². The number of terminal acetylenes is 1. The van der Waals surface area contributed by atoms with Gasteiger partial charge in [0.15, 0.2) is 11.5 Å². The van der Waals surface area contributed by atoms with E-state index >= 15 is 0 Å². The molecule has 0 aromatic heterocycles. The largest absolute Gasteiger partial charge is 0.502 e. The fourth-order valence-electron chi connectivity index (χ4n) is 1.97. The highest BCUT2D eigenvalue weighted by Gasteiger charge is 2.11. The number of benzene rings is 2. The molecule has 0 aliphatic carbocycles. The van der Waals surface area contributed by atoms with Crippen LogP contribution in [0.1, 0.15) is 11.1 Å². The van der Waals surface area contributed by atoms with Crippen LogP contribution in [0.3, 0.4) is 0 Å². The van der Waals surface area contributed by atoms with Gasteiger partial charge in [-0.1, -0.05) is 12.0 Å². The third-order valence-corrected chi connectivity index (χ3v) is 3.07. The number of anilines is 1. The molecule has 0 radical (unpaired) electrons. The first-order chi connectivity index (χ1) is 10.2. The van der Waals surface area contributed by atoms with Crippen molar-refractivity contribution < 1.29 is 14.6 Å². The van der Waals surface area contributed by atoms with Crippen LogP contribution in [0.5, 0.6) is 17.2 Å². The lowest BCUT2D eigenvalue weighted by Gasteiger charge is -2.12. The van der Waals surface area contributed by atoms with Crippen LogP contribution in [0.25, 0.3) is 0 Å². The maximum absolute atomic E-state index is 9.87. The van der Waals surface area contributed by atoms with E-state index in [9.17, 15) is 5.11 Å². The van der Waals surface area contributed by atoms with E-state index in [0.29, 0.717) is 18.0 Å². The molecular formula is C17H17NO3. The fourth-order valence-corrected chi connectivity index (χ4v) is 1.97. The zero-order valence-electron chi connectivity index (χ0n) is 12.0. The summed E-state index contributed by atoms with van der Waals surface area (Å²) in [6.07, 6.45) is 5.38. The zero-order valence-corrected chi connectivity index (χ0v) is 12.0. The minimum Gasteiger partial charge on any atom is -0.502 e. The molecule has 2 N–H and O–H groups in total. The average molecular weight is 283 g/mol. The Balaban J connectivity index is 2.18. The molecule has 0 fully saturated rings. The highest BCUT2D eigenvalue weighted by molar-refractivity contribution is 5.54. The van der Waals surface area contributed by atoms with Gasteiger partial charge in [0.25, 0.3) is 0 Å². The van der Waals surface area contributed by atoms with Gasteiger partial charge in [0.1, 0.15) is 0 Å². The van der Waals surface area contributed by atoms with Gasteiger partial charge in [-0.3, -0.25) is 0 Å². The van der Waals surface area contributed by atoms with Gasteiger partial charge in [-0.05, 0) is 35.9 Å². The Morgan fingerprint density at radius 3 is 2.38 bits per heavy atom. The van der Waals surface area contributed by atoms with Gasteiger partial charge in [0.2, 0.25) is 5.75 Å². The van der Waals surface area contributed by atoms with Gasteiger partial charge in [-0.2, -0.15) is 0 Å². The maximum atomic E-state index is 9.87. The lowest BCUT2D eigenvalue weighted by molar-refractivity contribution is 0.339. The number of aromatic hydroxyl groups is 1. The molecule has 0 amide bonds. The molecule has 0 spiro atoms. The number of nitrogens with one attached hydrogen (secondary N) is 1. The number of methoxy groups -OCH3 is 2. The topological polar surface area (TPSA) is 50.7 Å². The lowest BCUT2D eigenvalue weighted by atomic mass is 10.1. The Bertz CT molecular complexity index is 649. The molecule has 21 heavy (non-hydrogen) atoms. The first-order valence-corrected chi connectivity index (χ1v) is 6.42. The Morgan fingerprint density at radius 1 is 1.14 bits per heavy atom. The molecule has 2 aromatic rings. The van der Waals surface area contributed by atoms with Crippen molar-refractivity contribution in [3.8, 4) is 29.6 Å². The molecule has 2 rings (SSSR count). The number of ether oxygens (including phenoxy) is 2. The summed E-state index contributed by atoms with van der Waals surface area (Å²) in [6, 6.07) is 11.1. The van der Waals surface area contributed by atoms with Crippen molar-refractivity contribution in [2.45, 2.75) is 6.54 Å². The molecular weight excluding hydrogens is 266 g/mol. The number of hydrogen-bond acceptors (Lipinski definition) is 4. The first-order valence-electron chi connectivity index (χ1n) is 6.42. The van der Waals surface area contributed by atoms with Gasteiger partial charge in [-0.25, -0.2) is 0 Å². The molecule has 0 atom stereocenters. The van der Waals surface area contributed by atoms with Crippen molar-refractivity contribution in [3.05, 3.63) is 47.5 Å². The first kappa shape index (κ1) is 14.6. The smallest absolute Gasteiger partial charge is 0.200 e. The van der Waals surface area contributed by atoms with Crippen LogP contribution in [0.4, 0.5) is 5.69 Å². The summed E-state index contributed by atoms with van der Waals surface area (Å²) in [5.41, 5.74) is 2.67. The van der Waals surface area contributed by atoms with Gasteiger partial charge in [-0.15, -0.1) is 6.42 Å². The quantitative estimate of drug-likeness (QED) is 0.828. The molecule has 108 valence electrons. The van der Waals surface area contributed by atoms with E-state index in [1.165, 1.54) is 14.2 Å². The number of hydrogen-bond donors (Lipinski definition) is 2. The zero-order chi connectivity index (χ0) is 15.2. The Morgan fingerprint density at radius 2 is 1.81 bits per heavy atom. The van der Waals surface area contributed by atoms with E-state index in [-0.39, 0.29) is 5.75 Å². The summed E-state index contributed by atoms with van der Waals surface area (Å²) in [5.74, 6) is 3.35. The van der Waals surface area contributed by atoms with E-state index in [4.69, 9.17) is 15.9 Å². The predicted molar refractivity (Wildman–Crippen MR) is 82.9 cm³/mol. The van der Waals surface area contributed by atoms with E-state index in [2.05, 4.69) is 11.2 Å². The fraction of sp³-hybridized carbons (Fsp3) is 0.176. The molecule has 0 heterocycles. The Hall–Kier alpha value is -2.80. The van der Waals surface area contributed by atoms with Crippen molar-refractivity contribution in [1.82, 2.24) is 0 Å². The van der Waals surface area contributed by atoms with Gasteiger partial charge in [0.05, 0.1) is 14.2 Å². The molecule has 0 bridgehead atoms. The second kappa shape index (κ2) is 6.58. The van der Waals surface area contributed by atoms with E-state index < -0.39 is 0 Å². The van der Waals surface area contributed by atoms with Crippen molar-refractivity contribution in [2.24, 2.45) is 0 Å². The molecule has 0 aliphatic rings. The molecule has 2 aromatic carbocycles. The normalized spacial score (nSPS) is 9.76. The molecule has 0 aliphatic heterocycles. The monoisotopic (exact) mass is 283 g/mol. The van der Waals surface area contributed by atoms with Crippen LogP contribution >= 0.6 is 0 Å². The summed E-state index contributed by atoms with van der Waals surface area (Å²) in [6.45, 7) is 0.557. The highest BCUT2D eigenvalue weighted by atomic mass is 16.5. The average Bonchev–Trinajstić information content (AvgIpc) is 2.54. The minimum absolute atomic E-state index is 0.00178. The minimum atomic E-state index is -0.00178. The van der Waals surface area contributed by atoms with E-state index in [1.54, 1.807) is 12.1 Å². The summed E-state index contributed by atoms with van der Waals surface area (Å²) >= 11 is 0. The number of rotatable bonds is 5. The second-order valence-corrected chi connectivity index (χ2v) is 4.43. The SMILES string of the molecule is C#Cc1cccc(NCc2cc(OC)c(O)c(OC)c2)c1. The molecule has 0 unspecified atom stereocenters. The van der Waals surface area contributed by atoms with Crippen LogP contribution in [0.15, 0.2) is 36.4 Å². The summed E-state index contributed by atoms with van der Waals surface area (Å²) in [7, 11) is 3.00. The molecule has 0 saturated heterocycles. The number of phenolic OH excluding ortho intramolecular Hbond substituents is 1. The van der Waals surface area contributed by atoms with Crippen molar-refractivity contribution in [3.63, 3.8) is 0 Å². The van der Waals surface area contributed by atoms with Gasteiger partial charge in [0, 0.05) is 17.8 Å².